The molecule has 1 aliphatic heterocycles. The van der Waals surface area contributed by atoms with Crippen molar-refractivity contribution in [1.82, 2.24) is 4.31 Å². The largest absolute Gasteiger partial charge is 0.292 e. The van der Waals surface area contributed by atoms with Crippen LogP contribution in [0, 0.1) is 6.92 Å². The molecule has 0 unspecified atom stereocenters. The van der Waals surface area contributed by atoms with Crippen molar-refractivity contribution in [3.63, 3.8) is 0 Å². The van der Waals surface area contributed by atoms with Gasteiger partial charge in [-0.2, -0.15) is 13.1 Å². The van der Waals surface area contributed by atoms with Gasteiger partial charge in [-0.3, -0.25) is 0 Å². The van der Waals surface area contributed by atoms with Crippen LogP contribution in [0.1, 0.15) is 47.1 Å². The van der Waals surface area contributed by atoms with E-state index in [-0.39, 0.29) is 40.2 Å². The van der Waals surface area contributed by atoms with Crippen molar-refractivity contribution in [1.29, 1.82) is 0 Å². The molecule has 0 saturated heterocycles. The highest BCUT2D eigenvalue weighted by molar-refractivity contribution is 7.89. The second-order valence-corrected chi connectivity index (χ2v) is 17.5. The third-order valence-electron chi connectivity index (χ3n) is 7.04. The van der Waals surface area contributed by atoms with Crippen molar-refractivity contribution in [3.05, 3.63) is 52.2 Å². The summed E-state index contributed by atoms with van der Waals surface area (Å²) in [5, 5.41) is 0.729. The van der Waals surface area contributed by atoms with E-state index < -0.39 is 24.0 Å². The molecule has 30 heavy (non-hydrogen) atoms. The molecule has 1 aromatic rings. The molecule has 3 nitrogen and oxygen atoms in total. The van der Waals surface area contributed by atoms with Gasteiger partial charge in [-0.15, -0.1) is 0 Å². The van der Waals surface area contributed by atoms with E-state index in [4.69, 9.17) is 0 Å². The van der Waals surface area contributed by atoms with Crippen LogP contribution >= 0.6 is 0 Å². The Bertz CT molecular complexity index is 971. The first-order valence-electron chi connectivity index (χ1n) is 10.7. The minimum atomic E-state index is -3.77. The van der Waals surface area contributed by atoms with Gasteiger partial charge in [0.15, 0.2) is 0 Å². The zero-order valence-electron chi connectivity index (χ0n) is 19.0. The fourth-order valence-electron chi connectivity index (χ4n) is 5.95. The Morgan fingerprint density at radius 1 is 0.933 bits per heavy atom. The molecule has 1 aromatic carbocycles. The van der Waals surface area contributed by atoms with Gasteiger partial charge in [-0.25, -0.2) is 8.42 Å². The number of benzene rings is 1. The van der Waals surface area contributed by atoms with Crippen LogP contribution in [0.4, 0.5) is 8.78 Å². The van der Waals surface area contributed by atoms with Gasteiger partial charge in [-0.1, -0.05) is 64.4 Å². The molecule has 7 heteroatoms. The van der Waals surface area contributed by atoms with E-state index in [1.807, 2.05) is 6.92 Å². The zero-order valence-corrected chi connectivity index (χ0v) is 20.8. The minimum Gasteiger partial charge on any atom is -0.207 e. The summed E-state index contributed by atoms with van der Waals surface area (Å²) in [6.07, 6.45) is 0.958. The highest BCUT2D eigenvalue weighted by atomic mass is 32.2. The topological polar surface area (TPSA) is 37.4 Å². The van der Waals surface area contributed by atoms with Gasteiger partial charge in [0.25, 0.3) is 5.92 Å². The van der Waals surface area contributed by atoms with E-state index in [1.165, 1.54) is 4.31 Å². The smallest absolute Gasteiger partial charge is 0.207 e. The molecule has 0 amide bonds. The lowest BCUT2D eigenvalue weighted by molar-refractivity contribution is 0.0781. The van der Waals surface area contributed by atoms with Crippen LogP contribution in [-0.2, 0) is 10.0 Å². The average Bonchev–Trinajstić information content (AvgIpc) is 2.60. The predicted octanol–water partition coefficient (Wildman–Crippen LogP) is 6.09. The lowest BCUT2D eigenvalue weighted by Crippen LogP contribution is -2.56. The van der Waals surface area contributed by atoms with E-state index in [2.05, 4.69) is 41.5 Å². The molecule has 0 spiro atoms. The number of hydrogen-bond donors (Lipinski definition) is 0. The fraction of sp³-hybridized carbons (Fsp3) is 0.565. The molecule has 1 heterocycles. The van der Waals surface area contributed by atoms with Crippen molar-refractivity contribution in [3.8, 4) is 0 Å². The first kappa shape index (κ1) is 23.4. The third kappa shape index (κ3) is 3.43. The monoisotopic (exact) mass is 453 g/mol. The fourth-order valence-corrected chi connectivity index (χ4v) is 14.8. The van der Waals surface area contributed by atoms with Crippen LogP contribution in [0.5, 0.6) is 0 Å². The molecule has 0 fully saturated rings. The van der Waals surface area contributed by atoms with Gasteiger partial charge in [0.2, 0.25) is 10.0 Å². The molecule has 166 valence electrons. The lowest BCUT2D eigenvalue weighted by Gasteiger charge is -2.51. The molecule has 0 bridgehead atoms. The van der Waals surface area contributed by atoms with Crippen LogP contribution in [-0.4, -0.2) is 39.8 Å². The number of hydrogen-bond acceptors (Lipinski definition) is 2. The van der Waals surface area contributed by atoms with Crippen molar-refractivity contribution in [2.24, 2.45) is 0 Å². The molecule has 0 aromatic heterocycles. The van der Waals surface area contributed by atoms with Crippen LogP contribution in [0.25, 0.3) is 0 Å². The SMILES string of the molecule is Cc1ccc(S(=O)(=O)N2CC3=CC(F)(F)C3=C([Si](C(C)C)(C(C)C)C(C)C)C2)cc1. The van der Waals surface area contributed by atoms with E-state index >= 15 is 0 Å². The van der Waals surface area contributed by atoms with E-state index in [1.54, 1.807) is 24.3 Å². The van der Waals surface area contributed by atoms with Crippen LogP contribution < -0.4 is 0 Å². The van der Waals surface area contributed by atoms with E-state index in [0.717, 1.165) is 16.8 Å². The Morgan fingerprint density at radius 2 is 1.43 bits per heavy atom. The number of fused-ring (bicyclic) bond motifs is 1. The first-order valence-corrected chi connectivity index (χ1v) is 14.3. The van der Waals surface area contributed by atoms with Gasteiger partial charge in [-0.05, 0) is 47.3 Å². The number of sulfonamides is 1. The predicted molar refractivity (Wildman–Crippen MR) is 121 cm³/mol. The number of alkyl halides is 2. The number of halogens is 2. The summed E-state index contributed by atoms with van der Waals surface area (Å²) in [7, 11) is -6.22. The van der Waals surface area contributed by atoms with Gasteiger partial charge in [0, 0.05) is 18.7 Å². The Labute approximate surface area is 180 Å². The van der Waals surface area contributed by atoms with Gasteiger partial charge >= 0.3 is 0 Å². The summed E-state index contributed by atoms with van der Waals surface area (Å²) in [5.74, 6) is -2.96. The summed E-state index contributed by atoms with van der Waals surface area (Å²) in [6.45, 7) is 14.7. The molecule has 0 atom stereocenters. The second kappa shape index (κ2) is 7.68. The average molecular weight is 454 g/mol. The maximum absolute atomic E-state index is 14.8. The molecule has 0 radical (unpaired) electrons. The van der Waals surface area contributed by atoms with Crippen LogP contribution in [0.15, 0.2) is 51.6 Å². The number of allylic oxidation sites excluding steroid dienone is 1. The van der Waals surface area contributed by atoms with Crippen molar-refractivity contribution >= 4 is 18.1 Å². The zero-order chi connectivity index (χ0) is 22.6. The Kier molecular flexibility index (Phi) is 5.97. The van der Waals surface area contributed by atoms with E-state index in [9.17, 15) is 17.2 Å². The highest BCUT2D eigenvalue weighted by Gasteiger charge is 2.56. The Morgan fingerprint density at radius 3 is 1.87 bits per heavy atom. The van der Waals surface area contributed by atoms with E-state index in [0.29, 0.717) is 5.57 Å². The minimum absolute atomic E-state index is 0.0173. The maximum atomic E-state index is 14.8. The maximum Gasteiger partial charge on any atom is 0.292 e. The quantitative estimate of drug-likeness (QED) is 0.489. The standard InChI is InChI=1S/C23H33F2NO2SSi/c1-15(2)30(16(3)4,17(5)6)21-14-26(13-19-12-23(24,25)22(19)21)29(27,28)20-10-8-18(7)9-11-20/h8-12,15-17H,13-14H2,1-7H3. The molecule has 0 saturated carbocycles. The van der Waals surface area contributed by atoms with Gasteiger partial charge in [0.1, 0.15) is 0 Å². The highest BCUT2D eigenvalue weighted by Crippen LogP contribution is 2.55. The summed E-state index contributed by atoms with van der Waals surface area (Å²) in [6, 6.07) is 6.74. The Balaban J connectivity index is 2.17. The summed E-state index contributed by atoms with van der Waals surface area (Å²) in [5.41, 5.74) is 2.26. The number of nitrogens with zero attached hydrogens (tertiary/aromatic N) is 1. The lowest BCUT2D eigenvalue weighted by atomic mass is 9.85. The van der Waals surface area contributed by atoms with Crippen molar-refractivity contribution in [2.75, 3.05) is 13.1 Å². The molecule has 0 N–H and O–H groups in total. The normalized spacial score (nSPS) is 19.9. The van der Waals surface area contributed by atoms with Gasteiger partial charge < -0.3 is 0 Å². The number of rotatable bonds is 6. The summed E-state index contributed by atoms with van der Waals surface area (Å²) >= 11 is 0. The molecule has 3 rings (SSSR count). The van der Waals surface area contributed by atoms with Crippen LogP contribution in [0.2, 0.25) is 16.6 Å². The second-order valence-electron chi connectivity index (χ2n) is 9.63. The molecule has 1 aliphatic carbocycles. The van der Waals surface area contributed by atoms with Crippen molar-refractivity contribution < 1.29 is 17.2 Å². The summed E-state index contributed by atoms with van der Waals surface area (Å²) < 4.78 is 57.8. The molecular weight excluding hydrogens is 420 g/mol. The van der Waals surface area contributed by atoms with Gasteiger partial charge in [0.05, 0.1) is 13.0 Å². The van der Waals surface area contributed by atoms with Crippen LogP contribution in [0.3, 0.4) is 0 Å². The third-order valence-corrected chi connectivity index (χ3v) is 16.0. The molecular formula is C23H33F2NO2SSi. The van der Waals surface area contributed by atoms with Crippen molar-refractivity contribution in [2.45, 2.75) is 75.9 Å². The Hall–Kier alpha value is -1.31. The summed E-state index contributed by atoms with van der Waals surface area (Å²) in [4.78, 5) is 0.216. The molecule has 2 aliphatic rings. The number of aryl methyl sites for hydroxylation is 1. The first-order chi connectivity index (χ1) is 13.8.